The molecule has 0 rings (SSSR count). The van der Waals surface area contributed by atoms with Crippen molar-refractivity contribution in [3.8, 4) is 0 Å². The van der Waals surface area contributed by atoms with Crippen molar-refractivity contribution in [1.29, 1.82) is 0 Å². The van der Waals surface area contributed by atoms with Crippen molar-refractivity contribution >= 4 is 16.9 Å². The lowest BCUT2D eigenvalue weighted by Gasteiger charge is -2.14. The number of aliphatic hydroxyl groups excluding tert-OH is 1. The molecule has 0 aromatic rings. The van der Waals surface area contributed by atoms with Crippen molar-refractivity contribution in [2.75, 3.05) is 0 Å². The Morgan fingerprint density at radius 1 is 1.50 bits per heavy atom. The van der Waals surface area contributed by atoms with Crippen molar-refractivity contribution in [2.45, 2.75) is 38.9 Å². The summed E-state index contributed by atoms with van der Waals surface area (Å²) in [5.74, 6) is 0.150. The first-order chi connectivity index (χ1) is 5.35. The van der Waals surface area contributed by atoms with Gasteiger partial charge in [-0.25, -0.2) is 0 Å². The van der Waals surface area contributed by atoms with Crippen LogP contribution in [-0.4, -0.2) is 15.0 Å². The van der Waals surface area contributed by atoms with E-state index in [0.717, 1.165) is 0 Å². The SMILES string of the molecule is CC/C(O)=C/C(=O)SC(C)(C)C. The molecule has 0 radical (unpaired) electrons. The third-order valence-corrected chi connectivity index (χ3v) is 1.98. The van der Waals surface area contributed by atoms with Crippen LogP contribution < -0.4 is 0 Å². The fourth-order valence-corrected chi connectivity index (χ4v) is 1.37. The molecule has 0 aliphatic rings. The fourth-order valence-electron chi connectivity index (χ4n) is 0.569. The largest absolute Gasteiger partial charge is 0.512 e. The zero-order valence-corrected chi connectivity index (χ0v) is 8.86. The Balaban J connectivity index is 4.08. The number of carbonyl (C=O) groups is 1. The van der Waals surface area contributed by atoms with Gasteiger partial charge in [0.2, 0.25) is 5.12 Å². The van der Waals surface area contributed by atoms with Crippen LogP contribution in [0.3, 0.4) is 0 Å². The fraction of sp³-hybridized carbons (Fsp3) is 0.667. The summed E-state index contributed by atoms with van der Waals surface area (Å²) in [6.45, 7) is 7.70. The van der Waals surface area contributed by atoms with Gasteiger partial charge in [-0.3, -0.25) is 4.79 Å². The third-order valence-electron chi connectivity index (χ3n) is 1.05. The van der Waals surface area contributed by atoms with E-state index in [2.05, 4.69) is 0 Å². The maximum atomic E-state index is 11.2. The lowest BCUT2D eigenvalue weighted by Crippen LogP contribution is -2.10. The Kier molecular flexibility index (Phi) is 4.39. The molecule has 0 aliphatic heterocycles. The van der Waals surface area contributed by atoms with Crippen molar-refractivity contribution in [3.05, 3.63) is 11.8 Å². The summed E-state index contributed by atoms with van der Waals surface area (Å²) in [6, 6.07) is 0. The standard InChI is InChI=1S/C9H16O2S/c1-5-7(10)6-8(11)12-9(2,3)4/h6,10H,5H2,1-4H3/b7-6-. The number of rotatable bonds is 2. The van der Waals surface area contributed by atoms with Gasteiger partial charge in [-0.1, -0.05) is 39.5 Å². The molecule has 0 fully saturated rings. The van der Waals surface area contributed by atoms with Crippen LogP contribution in [0.4, 0.5) is 0 Å². The van der Waals surface area contributed by atoms with Crippen LogP contribution in [0.15, 0.2) is 11.8 Å². The van der Waals surface area contributed by atoms with Gasteiger partial charge in [0.1, 0.15) is 0 Å². The highest BCUT2D eigenvalue weighted by Gasteiger charge is 2.15. The molecule has 3 heteroatoms. The lowest BCUT2D eigenvalue weighted by atomic mass is 10.3. The second-order valence-corrected chi connectivity index (χ2v) is 5.35. The Hall–Kier alpha value is -0.440. The molecule has 0 aromatic carbocycles. The van der Waals surface area contributed by atoms with Crippen LogP contribution in [0.25, 0.3) is 0 Å². The second kappa shape index (κ2) is 4.55. The van der Waals surface area contributed by atoms with Crippen LogP contribution in [0.2, 0.25) is 0 Å². The molecule has 1 N–H and O–H groups in total. The number of carbonyl (C=O) groups excluding carboxylic acids is 1. The third kappa shape index (κ3) is 6.28. The highest BCUT2D eigenvalue weighted by atomic mass is 32.2. The molecule has 0 aromatic heterocycles. The first-order valence-corrected chi connectivity index (χ1v) is 4.79. The minimum absolute atomic E-state index is 0.0816. The van der Waals surface area contributed by atoms with E-state index in [1.807, 2.05) is 20.8 Å². The van der Waals surface area contributed by atoms with Crippen molar-refractivity contribution in [3.63, 3.8) is 0 Å². The highest BCUT2D eigenvalue weighted by molar-refractivity contribution is 8.15. The van der Waals surface area contributed by atoms with E-state index in [-0.39, 0.29) is 15.6 Å². The summed E-state index contributed by atoms with van der Waals surface area (Å²) in [6.07, 6.45) is 1.80. The molecular formula is C9H16O2S. The maximum Gasteiger partial charge on any atom is 0.215 e. The van der Waals surface area contributed by atoms with Gasteiger partial charge in [0.25, 0.3) is 0 Å². The van der Waals surface area contributed by atoms with E-state index in [1.165, 1.54) is 17.8 Å². The van der Waals surface area contributed by atoms with Gasteiger partial charge in [0, 0.05) is 17.2 Å². The van der Waals surface area contributed by atoms with Crippen molar-refractivity contribution in [2.24, 2.45) is 0 Å². The van der Waals surface area contributed by atoms with Crippen molar-refractivity contribution in [1.82, 2.24) is 0 Å². The summed E-state index contributed by atoms with van der Waals surface area (Å²) in [5, 5.41) is 8.97. The number of thioether (sulfide) groups is 1. The van der Waals surface area contributed by atoms with Gasteiger partial charge in [0.15, 0.2) is 0 Å². The zero-order valence-electron chi connectivity index (χ0n) is 8.05. The predicted octanol–water partition coefficient (Wildman–Crippen LogP) is 2.90. The Morgan fingerprint density at radius 2 is 2.00 bits per heavy atom. The summed E-state index contributed by atoms with van der Waals surface area (Å²) in [5.41, 5.74) is 0. The van der Waals surface area contributed by atoms with Gasteiger partial charge in [0.05, 0.1) is 5.76 Å². The monoisotopic (exact) mass is 188 g/mol. The molecule has 0 saturated heterocycles. The first kappa shape index (κ1) is 11.6. The van der Waals surface area contributed by atoms with Crippen LogP contribution in [-0.2, 0) is 4.79 Å². The molecule has 0 bridgehead atoms. The van der Waals surface area contributed by atoms with Gasteiger partial charge >= 0.3 is 0 Å². The molecule has 0 spiro atoms. The zero-order chi connectivity index (χ0) is 9.78. The summed E-state index contributed by atoms with van der Waals surface area (Å²) < 4.78 is -0.0817. The predicted molar refractivity (Wildman–Crippen MR) is 53.4 cm³/mol. The van der Waals surface area contributed by atoms with E-state index in [9.17, 15) is 4.79 Å². The number of hydrogen-bond acceptors (Lipinski definition) is 3. The van der Waals surface area contributed by atoms with E-state index in [1.54, 1.807) is 6.92 Å². The molecule has 12 heavy (non-hydrogen) atoms. The Labute approximate surface area is 78.0 Å². The molecule has 0 unspecified atom stereocenters. The van der Waals surface area contributed by atoms with Crippen molar-refractivity contribution < 1.29 is 9.90 Å². The molecule has 0 saturated carbocycles. The number of aliphatic hydroxyl groups is 1. The van der Waals surface area contributed by atoms with Gasteiger partial charge in [-0.15, -0.1) is 0 Å². The Morgan fingerprint density at radius 3 is 2.33 bits per heavy atom. The minimum Gasteiger partial charge on any atom is -0.512 e. The topological polar surface area (TPSA) is 37.3 Å². The average molecular weight is 188 g/mol. The van der Waals surface area contributed by atoms with Crippen LogP contribution in [0.5, 0.6) is 0 Å². The second-order valence-electron chi connectivity index (χ2n) is 3.52. The van der Waals surface area contributed by atoms with Crippen LogP contribution in [0, 0.1) is 0 Å². The van der Waals surface area contributed by atoms with Gasteiger partial charge in [-0.05, 0) is 0 Å². The highest BCUT2D eigenvalue weighted by Crippen LogP contribution is 2.24. The molecule has 0 amide bonds. The summed E-state index contributed by atoms with van der Waals surface area (Å²) in [4.78, 5) is 11.2. The van der Waals surface area contributed by atoms with Crippen LogP contribution >= 0.6 is 11.8 Å². The summed E-state index contributed by atoms with van der Waals surface area (Å²) >= 11 is 1.23. The minimum atomic E-state index is -0.0817. The molecule has 0 heterocycles. The van der Waals surface area contributed by atoms with Gasteiger partial charge in [-0.2, -0.15) is 0 Å². The van der Waals surface area contributed by atoms with E-state index >= 15 is 0 Å². The van der Waals surface area contributed by atoms with E-state index in [0.29, 0.717) is 6.42 Å². The molecule has 70 valence electrons. The lowest BCUT2D eigenvalue weighted by molar-refractivity contribution is -0.107. The Bertz CT molecular complexity index is 189. The number of allylic oxidation sites excluding steroid dienone is 1. The normalized spacial score (nSPS) is 13.2. The number of hydrogen-bond donors (Lipinski definition) is 1. The molecular weight excluding hydrogens is 172 g/mol. The average Bonchev–Trinajstić information content (AvgIpc) is 1.82. The van der Waals surface area contributed by atoms with E-state index < -0.39 is 0 Å². The quantitative estimate of drug-likeness (QED) is 0.535. The van der Waals surface area contributed by atoms with Gasteiger partial charge < -0.3 is 5.11 Å². The maximum absolute atomic E-state index is 11.2. The summed E-state index contributed by atoms with van der Waals surface area (Å²) in [7, 11) is 0. The molecule has 0 atom stereocenters. The van der Waals surface area contributed by atoms with E-state index in [4.69, 9.17) is 5.11 Å². The first-order valence-electron chi connectivity index (χ1n) is 3.97. The molecule has 2 nitrogen and oxygen atoms in total. The molecule has 0 aliphatic carbocycles. The van der Waals surface area contributed by atoms with Crippen LogP contribution in [0.1, 0.15) is 34.1 Å². The smallest absolute Gasteiger partial charge is 0.215 e.